The molecular formula is C45H58IN14O9-. The molecule has 0 unspecified atom stereocenters. The van der Waals surface area contributed by atoms with E-state index in [1.165, 1.54) is 31.4 Å². The summed E-state index contributed by atoms with van der Waals surface area (Å²) >= 11 is -2.23. The quantitative estimate of drug-likeness (QED) is 0.0271. The second kappa shape index (κ2) is 21.7. The number of carbonyl (C=O) groups is 4. The number of imidazole rings is 1. The van der Waals surface area contributed by atoms with Crippen LogP contribution in [0, 0.1) is 12.1 Å². The first-order valence-corrected chi connectivity index (χ1v) is 24.4. The van der Waals surface area contributed by atoms with Gasteiger partial charge in [-0.3, -0.25) is 29.3 Å². The number of benzene rings is 2. The number of nitrogens with one attached hydrogen (secondary N) is 2. The zero-order chi connectivity index (χ0) is 49.6. The lowest BCUT2D eigenvalue weighted by Crippen LogP contribution is -2.42. The van der Waals surface area contributed by atoms with Crippen molar-refractivity contribution in [1.82, 2.24) is 43.9 Å². The van der Waals surface area contributed by atoms with Crippen LogP contribution in [-0.4, -0.2) is 120 Å². The van der Waals surface area contributed by atoms with Crippen molar-refractivity contribution in [3.63, 3.8) is 0 Å². The number of methoxy groups -OCH3 is 1. The van der Waals surface area contributed by atoms with E-state index in [1.807, 2.05) is 27.7 Å². The maximum atomic E-state index is 13.6. The number of hydrogen-bond acceptors (Lipinski definition) is 15. The van der Waals surface area contributed by atoms with E-state index in [2.05, 4.69) is 40.4 Å². The number of nitrogens with two attached hydrogens (primary N) is 2. The molecule has 69 heavy (non-hydrogen) atoms. The van der Waals surface area contributed by atoms with Crippen LogP contribution in [0.3, 0.4) is 0 Å². The molecule has 1 saturated heterocycles. The lowest BCUT2D eigenvalue weighted by Gasteiger charge is -2.33. The van der Waals surface area contributed by atoms with Crippen LogP contribution in [0.2, 0.25) is 0 Å². The number of aryl methyl sites for hydroxylation is 2. The summed E-state index contributed by atoms with van der Waals surface area (Å²) in [5, 5.41) is 32.4. The van der Waals surface area contributed by atoms with Crippen molar-refractivity contribution in [2.45, 2.75) is 91.6 Å². The van der Waals surface area contributed by atoms with Gasteiger partial charge in [-0.15, -0.1) is 10.2 Å². The first-order valence-electron chi connectivity index (χ1n) is 22.6. The number of aromatic nitrogens is 7. The third-order valence-corrected chi connectivity index (χ3v) is 12.6. The Balaban J connectivity index is 1.00. The van der Waals surface area contributed by atoms with Crippen molar-refractivity contribution < 1.29 is 36.5 Å². The van der Waals surface area contributed by atoms with E-state index in [0.29, 0.717) is 64.0 Å². The number of amides is 4. The molecule has 0 saturated carbocycles. The number of piperidine rings is 1. The summed E-state index contributed by atoms with van der Waals surface area (Å²) in [6.45, 7) is 14.1. The highest BCUT2D eigenvalue weighted by Crippen LogP contribution is 2.39. The van der Waals surface area contributed by atoms with Crippen LogP contribution in [0.5, 0.6) is 11.5 Å². The fourth-order valence-electron chi connectivity index (χ4n) is 8.42. The number of carbonyl (C=O) groups excluding carboxylic acids is 4. The van der Waals surface area contributed by atoms with Crippen LogP contribution in [0.15, 0.2) is 42.5 Å². The molecule has 0 atom stereocenters. The molecule has 1 fully saturated rings. The molecule has 6 N–H and O–H groups in total. The third-order valence-electron chi connectivity index (χ3n) is 11.7. The number of hydrogen-bond donors (Lipinski definition) is 4. The normalized spacial score (nSPS) is 14.5. The molecule has 24 heteroatoms. The van der Waals surface area contributed by atoms with Gasteiger partial charge >= 0.3 is 6.09 Å². The van der Waals surface area contributed by atoms with Gasteiger partial charge in [0.25, 0.3) is 27.4 Å². The molecule has 5 aromatic rings. The first kappa shape index (κ1) is 50.2. The lowest BCUT2D eigenvalue weighted by atomic mass is 9.95. The molecule has 3 aromatic heterocycles. The van der Waals surface area contributed by atoms with Crippen LogP contribution in [0.1, 0.15) is 101 Å². The average molecular weight is 1070 g/mol. The van der Waals surface area contributed by atoms with Gasteiger partial charge in [-0.25, -0.2) is 12.8 Å². The highest BCUT2D eigenvalue weighted by atomic mass is 127. The van der Waals surface area contributed by atoms with Crippen LogP contribution < -0.4 is 34.9 Å². The summed E-state index contributed by atoms with van der Waals surface area (Å²) in [4.78, 5) is 59.4. The molecule has 0 radical (unpaired) electrons. The van der Waals surface area contributed by atoms with Gasteiger partial charge in [-0.1, -0.05) is 12.2 Å². The van der Waals surface area contributed by atoms with Crippen molar-refractivity contribution in [2.75, 3.05) is 60.4 Å². The van der Waals surface area contributed by atoms with Gasteiger partial charge in [0, 0.05) is 56.3 Å². The Hall–Kier alpha value is -6.67. The SMILES string of the molecule is CCn1nc(C)cc1C(=O)Nc1nc2cc(C(N)=O)cc(OC)c2n1C/C=C/CNc1c(OCCCN2CCC(c3nnc4n3CCN(C(=O)OC(C)(C)C)C4)CC2)cc(C(N)=O)cc1N([O-])I=O. The first-order chi connectivity index (χ1) is 33.0. The number of rotatable bonds is 19. The highest BCUT2D eigenvalue weighted by Gasteiger charge is 2.32. The Kier molecular flexibility index (Phi) is 15.8. The van der Waals surface area contributed by atoms with Crippen molar-refractivity contribution in [1.29, 1.82) is 0 Å². The third kappa shape index (κ3) is 11.8. The van der Waals surface area contributed by atoms with Crippen molar-refractivity contribution >= 4 is 73.6 Å². The number of allylic oxidation sites excluding steroid dienone is 1. The molecule has 2 aromatic carbocycles. The zero-order valence-electron chi connectivity index (χ0n) is 39.5. The number of halogens is 1. The summed E-state index contributed by atoms with van der Waals surface area (Å²) in [6, 6.07) is 7.43. The molecule has 7 rings (SSSR count). The fourth-order valence-corrected chi connectivity index (χ4v) is 9.01. The molecule has 0 aliphatic carbocycles. The van der Waals surface area contributed by atoms with Gasteiger partial charge in [0.2, 0.25) is 17.8 Å². The summed E-state index contributed by atoms with van der Waals surface area (Å²) in [7, 11) is 1.45. The molecule has 2 aliphatic heterocycles. The van der Waals surface area contributed by atoms with E-state index in [4.69, 9.17) is 25.7 Å². The number of nitrogens with zero attached hydrogens (tertiary/aromatic N) is 10. The van der Waals surface area contributed by atoms with E-state index in [9.17, 15) is 27.5 Å². The Morgan fingerprint density at radius 2 is 1.71 bits per heavy atom. The van der Waals surface area contributed by atoms with Gasteiger partial charge in [-0.2, -0.15) is 5.10 Å². The van der Waals surface area contributed by atoms with Crippen LogP contribution >= 0.6 is 21.5 Å². The van der Waals surface area contributed by atoms with Crippen molar-refractivity contribution in [3.8, 4) is 11.5 Å². The van der Waals surface area contributed by atoms with E-state index in [-0.39, 0.29) is 65.9 Å². The van der Waals surface area contributed by atoms with Gasteiger partial charge in [0.15, 0.2) is 5.82 Å². The summed E-state index contributed by atoms with van der Waals surface area (Å²) in [5.41, 5.74) is 12.9. The Morgan fingerprint density at radius 3 is 2.39 bits per heavy atom. The van der Waals surface area contributed by atoms with Gasteiger partial charge in [0.1, 0.15) is 39.8 Å². The molecule has 4 amide bonds. The monoisotopic (exact) mass is 1070 g/mol. The van der Waals surface area contributed by atoms with E-state index in [0.717, 1.165) is 44.1 Å². The Bertz CT molecular complexity index is 2750. The van der Waals surface area contributed by atoms with Crippen LogP contribution in [0.4, 0.5) is 22.1 Å². The van der Waals surface area contributed by atoms with Crippen molar-refractivity contribution in [3.05, 3.63) is 81.9 Å². The maximum absolute atomic E-state index is 13.6. The minimum absolute atomic E-state index is 0.0156. The molecule has 0 bridgehead atoms. The van der Waals surface area contributed by atoms with Crippen LogP contribution in [-0.2, 0) is 34.0 Å². The molecule has 5 heterocycles. The minimum Gasteiger partial charge on any atom is -0.747 e. The Labute approximate surface area is 409 Å². The zero-order valence-corrected chi connectivity index (χ0v) is 41.6. The molecule has 370 valence electrons. The lowest BCUT2D eigenvalue weighted by molar-refractivity contribution is 0.0193. The van der Waals surface area contributed by atoms with E-state index < -0.39 is 44.8 Å². The fraction of sp³-hybridized carbons (Fsp3) is 0.467. The second-order valence-corrected chi connectivity index (χ2v) is 18.9. The summed E-state index contributed by atoms with van der Waals surface area (Å²) < 4.78 is 35.2. The van der Waals surface area contributed by atoms with E-state index in [1.54, 1.807) is 39.3 Å². The standard InChI is InChI=1S/C45H58IN14O9/c1-7-59-33(21-27(2)54-59)42(63)51-43-50-31-22-29(39(47)61)25-35(67-6)38(31)58(43)15-9-8-13-49-37-32(60(66)46-65)23-30(40(48)62)24-34(37)68-20-10-14-55-16-11-28(12-17-55)41-53-52-36-26-56(18-19-57(36)41)44(64)69-45(3,4)5/h8-9,21-25,28,49H,7,10-20,26H2,1-6H3,(H2,47,61)(H2,48,62)(H,50,51,63)/q-1/b9-8+. The van der Waals surface area contributed by atoms with Gasteiger partial charge in [0.05, 0.1) is 37.2 Å². The number of fused-ring (bicyclic) bond motifs is 2. The Morgan fingerprint density at radius 1 is 0.986 bits per heavy atom. The number of primary amides is 2. The molecule has 2 aliphatic rings. The smallest absolute Gasteiger partial charge is 0.410 e. The molecule has 0 spiro atoms. The topological polar surface area (TPSA) is 288 Å². The maximum Gasteiger partial charge on any atom is 0.410 e. The summed E-state index contributed by atoms with van der Waals surface area (Å²) in [6.07, 6.45) is 5.60. The minimum atomic E-state index is -2.23. The van der Waals surface area contributed by atoms with Gasteiger partial charge in [-0.05, 0) is 97.3 Å². The molecule has 23 nitrogen and oxygen atoms in total. The van der Waals surface area contributed by atoms with E-state index >= 15 is 0 Å². The summed E-state index contributed by atoms with van der Waals surface area (Å²) in [5.74, 6) is 0.684. The number of likely N-dealkylation sites (tertiary alicyclic amines) is 1. The molecular weight excluding hydrogens is 1010 g/mol. The highest BCUT2D eigenvalue weighted by molar-refractivity contribution is 14.1. The van der Waals surface area contributed by atoms with Gasteiger partial charge < -0.3 is 53.5 Å². The van der Waals surface area contributed by atoms with Crippen molar-refractivity contribution in [2.24, 2.45) is 11.5 Å². The van der Waals surface area contributed by atoms with Crippen LogP contribution in [0.25, 0.3) is 11.0 Å². The number of anilines is 3. The average Bonchev–Trinajstić information content (AvgIpc) is 4.03. The largest absolute Gasteiger partial charge is 0.747 e. The number of ether oxygens (including phenoxy) is 3. The predicted molar refractivity (Wildman–Crippen MR) is 264 cm³/mol. The second-order valence-electron chi connectivity index (χ2n) is 17.6. The predicted octanol–water partition coefficient (Wildman–Crippen LogP) is 5.21.